The van der Waals surface area contributed by atoms with Gasteiger partial charge in [-0.05, 0) is 28.7 Å². The van der Waals surface area contributed by atoms with Gasteiger partial charge in [0, 0.05) is 6.07 Å². The van der Waals surface area contributed by atoms with E-state index in [1.165, 1.54) is 19.2 Å². The van der Waals surface area contributed by atoms with E-state index in [2.05, 4.69) is 0 Å². The van der Waals surface area contributed by atoms with Crippen LogP contribution in [0.15, 0.2) is 12.1 Å². The Labute approximate surface area is 82.6 Å². The van der Waals surface area contributed by atoms with E-state index in [1.807, 2.05) is 22.6 Å². The molecule has 1 rings (SSSR count). The number of rotatable bonds is 1. The predicted molar refractivity (Wildman–Crippen MR) is 50.7 cm³/mol. The normalized spacial score (nSPS) is 9.82. The molecule has 0 aliphatic heterocycles. The third-order valence-electron chi connectivity index (χ3n) is 1.19. The van der Waals surface area contributed by atoms with Crippen molar-refractivity contribution in [2.24, 2.45) is 0 Å². The maximum absolute atomic E-state index is 12.7. The van der Waals surface area contributed by atoms with Crippen molar-refractivity contribution in [3.05, 3.63) is 26.5 Å². The van der Waals surface area contributed by atoms with Gasteiger partial charge >= 0.3 is 0 Å². The molecule has 0 N–H and O–H groups in total. The summed E-state index contributed by atoms with van der Waals surface area (Å²) in [5, 5.41) is 0.0854. The van der Waals surface area contributed by atoms with Gasteiger partial charge in [0.05, 0.1) is 15.7 Å². The van der Waals surface area contributed by atoms with Gasteiger partial charge < -0.3 is 4.74 Å². The van der Waals surface area contributed by atoms with Gasteiger partial charge in [0.2, 0.25) is 0 Å². The van der Waals surface area contributed by atoms with Crippen LogP contribution in [0.25, 0.3) is 0 Å². The SMILES string of the molecule is COc1cc(Cl)c(F)cc1I. The summed E-state index contributed by atoms with van der Waals surface area (Å²) in [7, 11) is 1.52. The average molecular weight is 286 g/mol. The quantitative estimate of drug-likeness (QED) is 0.569. The highest BCUT2D eigenvalue weighted by Crippen LogP contribution is 2.26. The van der Waals surface area contributed by atoms with Crippen LogP contribution < -0.4 is 4.74 Å². The molecule has 0 atom stereocenters. The molecule has 0 saturated heterocycles. The number of halogens is 3. The Morgan fingerprint density at radius 1 is 1.55 bits per heavy atom. The maximum atomic E-state index is 12.7. The number of methoxy groups -OCH3 is 1. The smallest absolute Gasteiger partial charge is 0.143 e. The molecule has 0 amide bonds. The Kier molecular flexibility index (Phi) is 2.95. The van der Waals surface area contributed by atoms with Crippen molar-refractivity contribution in [3.8, 4) is 5.75 Å². The summed E-state index contributed by atoms with van der Waals surface area (Å²) >= 11 is 7.49. The minimum atomic E-state index is -0.420. The van der Waals surface area contributed by atoms with Gasteiger partial charge in [-0.3, -0.25) is 0 Å². The van der Waals surface area contributed by atoms with Gasteiger partial charge in [-0.25, -0.2) is 4.39 Å². The zero-order valence-electron chi connectivity index (χ0n) is 5.70. The molecule has 1 aromatic rings. The Bertz CT molecular complexity index is 277. The minimum absolute atomic E-state index is 0.0854. The molecule has 0 saturated carbocycles. The molecule has 0 aromatic heterocycles. The van der Waals surface area contributed by atoms with E-state index in [1.54, 1.807) is 0 Å². The summed E-state index contributed by atoms with van der Waals surface area (Å²) in [4.78, 5) is 0. The van der Waals surface area contributed by atoms with Crippen molar-refractivity contribution in [2.75, 3.05) is 7.11 Å². The number of benzene rings is 1. The predicted octanol–water partition coefficient (Wildman–Crippen LogP) is 3.09. The molecule has 1 nitrogen and oxygen atoms in total. The summed E-state index contributed by atoms with van der Waals surface area (Å²) in [5.41, 5.74) is 0. The number of hydrogen-bond acceptors (Lipinski definition) is 1. The molecule has 0 aliphatic rings. The molecule has 0 unspecified atom stereocenters. The lowest BCUT2D eigenvalue weighted by molar-refractivity contribution is 0.410. The summed E-state index contributed by atoms with van der Waals surface area (Å²) in [6.07, 6.45) is 0. The van der Waals surface area contributed by atoms with Crippen LogP contribution in [0.2, 0.25) is 5.02 Å². The van der Waals surface area contributed by atoms with Crippen molar-refractivity contribution in [2.45, 2.75) is 0 Å². The van der Waals surface area contributed by atoms with Crippen molar-refractivity contribution >= 4 is 34.2 Å². The van der Waals surface area contributed by atoms with Gasteiger partial charge in [-0.2, -0.15) is 0 Å². The summed E-state index contributed by atoms with van der Waals surface area (Å²) in [6, 6.07) is 2.79. The summed E-state index contributed by atoms with van der Waals surface area (Å²) < 4.78 is 18.3. The van der Waals surface area contributed by atoms with E-state index in [9.17, 15) is 4.39 Å². The van der Waals surface area contributed by atoms with Gasteiger partial charge in [0.1, 0.15) is 11.6 Å². The van der Waals surface area contributed by atoms with Crippen molar-refractivity contribution in [1.82, 2.24) is 0 Å². The van der Waals surface area contributed by atoms with E-state index in [4.69, 9.17) is 16.3 Å². The van der Waals surface area contributed by atoms with Gasteiger partial charge in [0.25, 0.3) is 0 Å². The Balaban J connectivity index is 3.21. The molecule has 0 spiro atoms. The topological polar surface area (TPSA) is 9.23 Å². The molecule has 0 fully saturated rings. The molecule has 1 aromatic carbocycles. The third kappa shape index (κ3) is 1.96. The van der Waals surface area contributed by atoms with Crippen LogP contribution >= 0.6 is 34.2 Å². The highest BCUT2D eigenvalue weighted by Gasteiger charge is 2.05. The van der Waals surface area contributed by atoms with Gasteiger partial charge in [-0.15, -0.1) is 0 Å². The standard InChI is InChI=1S/C7H5ClFIO/c1-11-7-2-4(8)5(9)3-6(7)10/h2-3H,1H3. The first kappa shape index (κ1) is 9.06. The van der Waals surface area contributed by atoms with Crippen LogP contribution in [-0.2, 0) is 0 Å². The van der Waals surface area contributed by atoms with E-state index in [-0.39, 0.29) is 5.02 Å². The number of hydrogen-bond donors (Lipinski definition) is 0. The van der Waals surface area contributed by atoms with Crippen LogP contribution in [-0.4, -0.2) is 7.11 Å². The minimum Gasteiger partial charge on any atom is -0.496 e. The largest absolute Gasteiger partial charge is 0.496 e. The molecular formula is C7H5ClFIO. The fourth-order valence-electron chi connectivity index (χ4n) is 0.661. The Morgan fingerprint density at radius 3 is 2.73 bits per heavy atom. The van der Waals surface area contributed by atoms with Crippen LogP contribution in [0, 0.1) is 9.39 Å². The maximum Gasteiger partial charge on any atom is 0.143 e. The Hall–Kier alpha value is -0.0300. The monoisotopic (exact) mass is 286 g/mol. The fraction of sp³-hybridized carbons (Fsp3) is 0.143. The third-order valence-corrected chi connectivity index (χ3v) is 2.33. The second-order valence-corrected chi connectivity index (χ2v) is 3.47. The summed E-state index contributed by atoms with van der Waals surface area (Å²) in [5.74, 6) is 0.175. The molecule has 4 heteroatoms. The van der Waals surface area contributed by atoms with Gasteiger partial charge in [-0.1, -0.05) is 11.6 Å². The fourth-order valence-corrected chi connectivity index (χ4v) is 1.46. The van der Waals surface area contributed by atoms with Crippen molar-refractivity contribution in [1.29, 1.82) is 0 Å². The van der Waals surface area contributed by atoms with Gasteiger partial charge in [0.15, 0.2) is 0 Å². The molecular weight excluding hydrogens is 281 g/mol. The lowest BCUT2D eigenvalue weighted by Gasteiger charge is -2.03. The first-order valence-corrected chi connectivity index (χ1v) is 4.29. The molecule has 0 heterocycles. The van der Waals surface area contributed by atoms with Crippen molar-refractivity contribution < 1.29 is 9.13 Å². The first-order valence-electron chi connectivity index (χ1n) is 2.83. The van der Waals surface area contributed by atoms with E-state index in [0.717, 1.165) is 0 Å². The first-order chi connectivity index (χ1) is 5.15. The van der Waals surface area contributed by atoms with Crippen LogP contribution in [0.1, 0.15) is 0 Å². The zero-order chi connectivity index (χ0) is 8.43. The summed E-state index contributed by atoms with van der Waals surface area (Å²) in [6.45, 7) is 0. The number of ether oxygens (including phenoxy) is 1. The second-order valence-electron chi connectivity index (χ2n) is 1.90. The Morgan fingerprint density at radius 2 is 2.18 bits per heavy atom. The van der Waals surface area contributed by atoms with Crippen LogP contribution in [0.5, 0.6) is 5.75 Å². The molecule has 0 bridgehead atoms. The molecule has 0 radical (unpaired) electrons. The second kappa shape index (κ2) is 3.58. The lowest BCUT2D eigenvalue weighted by atomic mass is 10.3. The average Bonchev–Trinajstić information content (AvgIpc) is 1.97. The lowest BCUT2D eigenvalue weighted by Crippen LogP contribution is -1.88. The van der Waals surface area contributed by atoms with E-state index < -0.39 is 5.82 Å². The van der Waals surface area contributed by atoms with E-state index >= 15 is 0 Å². The molecule has 60 valence electrons. The zero-order valence-corrected chi connectivity index (χ0v) is 8.61. The van der Waals surface area contributed by atoms with E-state index in [0.29, 0.717) is 9.32 Å². The highest BCUT2D eigenvalue weighted by atomic mass is 127. The molecule has 11 heavy (non-hydrogen) atoms. The highest BCUT2D eigenvalue weighted by molar-refractivity contribution is 14.1. The molecule has 0 aliphatic carbocycles. The van der Waals surface area contributed by atoms with Crippen LogP contribution in [0.4, 0.5) is 4.39 Å². The van der Waals surface area contributed by atoms with Crippen molar-refractivity contribution in [3.63, 3.8) is 0 Å². The van der Waals surface area contributed by atoms with Crippen LogP contribution in [0.3, 0.4) is 0 Å².